The van der Waals surface area contributed by atoms with E-state index in [1.807, 2.05) is 37.4 Å². The van der Waals surface area contributed by atoms with E-state index < -0.39 is 0 Å². The van der Waals surface area contributed by atoms with Crippen LogP contribution in [-0.4, -0.2) is 37.8 Å². The lowest BCUT2D eigenvalue weighted by Crippen LogP contribution is -2.22. The lowest BCUT2D eigenvalue weighted by Gasteiger charge is -2.16. The Balaban J connectivity index is 1.88. The predicted octanol–water partition coefficient (Wildman–Crippen LogP) is 1.14. The molecule has 2 aromatic heterocycles. The van der Waals surface area contributed by atoms with Crippen LogP contribution in [0.1, 0.15) is 17.1 Å². The van der Waals surface area contributed by atoms with E-state index in [0.29, 0.717) is 0 Å². The minimum Gasteiger partial charge on any atom is -0.338 e. The SMILES string of the molecule is Cc1c(CN(C)CCc2nccn2C)cnn1C. The molecule has 18 heavy (non-hydrogen) atoms. The van der Waals surface area contributed by atoms with Crippen LogP contribution in [0.25, 0.3) is 0 Å². The highest BCUT2D eigenvalue weighted by Gasteiger charge is 2.08. The number of nitrogens with zero attached hydrogens (tertiary/aromatic N) is 5. The van der Waals surface area contributed by atoms with E-state index in [-0.39, 0.29) is 0 Å². The molecule has 0 N–H and O–H groups in total. The summed E-state index contributed by atoms with van der Waals surface area (Å²) < 4.78 is 3.99. The largest absolute Gasteiger partial charge is 0.338 e. The van der Waals surface area contributed by atoms with E-state index in [1.54, 1.807) is 0 Å². The summed E-state index contributed by atoms with van der Waals surface area (Å²) in [7, 11) is 6.15. The molecular weight excluding hydrogens is 226 g/mol. The van der Waals surface area contributed by atoms with E-state index in [9.17, 15) is 0 Å². The Bertz CT molecular complexity index is 511. The summed E-state index contributed by atoms with van der Waals surface area (Å²) in [5.41, 5.74) is 2.53. The van der Waals surface area contributed by atoms with E-state index >= 15 is 0 Å². The summed E-state index contributed by atoms with van der Waals surface area (Å²) in [5, 5.41) is 4.27. The number of hydrogen-bond donors (Lipinski definition) is 0. The third-order valence-corrected chi connectivity index (χ3v) is 3.42. The van der Waals surface area contributed by atoms with Gasteiger partial charge in [-0.15, -0.1) is 0 Å². The van der Waals surface area contributed by atoms with Crippen molar-refractivity contribution in [2.75, 3.05) is 13.6 Å². The Morgan fingerprint density at radius 2 is 2.11 bits per heavy atom. The molecular formula is C13H21N5. The second-order valence-electron chi connectivity index (χ2n) is 4.82. The van der Waals surface area contributed by atoms with Gasteiger partial charge in [0.15, 0.2) is 0 Å². The molecule has 0 aliphatic rings. The minimum absolute atomic E-state index is 0.935. The number of rotatable bonds is 5. The van der Waals surface area contributed by atoms with Crippen molar-refractivity contribution < 1.29 is 0 Å². The molecule has 0 bridgehead atoms. The van der Waals surface area contributed by atoms with E-state index in [4.69, 9.17) is 0 Å². The van der Waals surface area contributed by atoms with E-state index in [0.717, 1.165) is 25.3 Å². The summed E-state index contributed by atoms with van der Waals surface area (Å²) in [6.45, 7) is 4.04. The van der Waals surface area contributed by atoms with Crippen molar-refractivity contribution in [3.8, 4) is 0 Å². The number of hydrogen-bond acceptors (Lipinski definition) is 3. The lowest BCUT2D eigenvalue weighted by molar-refractivity contribution is 0.326. The Hall–Kier alpha value is -1.62. The van der Waals surface area contributed by atoms with Crippen molar-refractivity contribution in [1.29, 1.82) is 0 Å². The second kappa shape index (κ2) is 5.35. The lowest BCUT2D eigenvalue weighted by atomic mass is 10.2. The van der Waals surface area contributed by atoms with Gasteiger partial charge < -0.3 is 9.47 Å². The van der Waals surface area contributed by atoms with Gasteiger partial charge in [-0.3, -0.25) is 4.68 Å². The molecule has 0 spiro atoms. The van der Waals surface area contributed by atoms with Gasteiger partial charge in [0.05, 0.1) is 6.20 Å². The molecule has 0 aliphatic carbocycles. The molecule has 2 rings (SSSR count). The van der Waals surface area contributed by atoms with Gasteiger partial charge in [-0.1, -0.05) is 0 Å². The molecule has 0 aliphatic heterocycles. The molecule has 0 saturated heterocycles. The van der Waals surface area contributed by atoms with Crippen LogP contribution in [-0.2, 0) is 27.1 Å². The smallest absolute Gasteiger partial charge is 0.109 e. The summed E-state index contributed by atoms with van der Waals surface area (Å²) in [5.74, 6) is 1.13. The highest BCUT2D eigenvalue weighted by Crippen LogP contribution is 2.08. The molecule has 0 fully saturated rings. The zero-order valence-electron chi connectivity index (χ0n) is 11.6. The molecule has 2 aromatic rings. The van der Waals surface area contributed by atoms with Crippen LogP contribution < -0.4 is 0 Å². The van der Waals surface area contributed by atoms with Gasteiger partial charge in [0, 0.05) is 57.3 Å². The zero-order valence-corrected chi connectivity index (χ0v) is 11.6. The van der Waals surface area contributed by atoms with Gasteiger partial charge in [0.1, 0.15) is 5.82 Å². The van der Waals surface area contributed by atoms with Gasteiger partial charge in [0.25, 0.3) is 0 Å². The molecule has 0 saturated carbocycles. The van der Waals surface area contributed by atoms with Crippen LogP contribution in [0.15, 0.2) is 18.6 Å². The van der Waals surface area contributed by atoms with Crippen LogP contribution in [0.3, 0.4) is 0 Å². The van der Waals surface area contributed by atoms with Crippen LogP contribution in [0.5, 0.6) is 0 Å². The maximum absolute atomic E-state index is 4.34. The summed E-state index contributed by atoms with van der Waals surface area (Å²) in [4.78, 5) is 6.64. The van der Waals surface area contributed by atoms with Crippen LogP contribution in [0, 0.1) is 6.92 Å². The van der Waals surface area contributed by atoms with E-state index in [2.05, 4.69) is 33.5 Å². The first kappa shape index (κ1) is 12.8. The average molecular weight is 247 g/mol. The molecule has 0 unspecified atom stereocenters. The fourth-order valence-corrected chi connectivity index (χ4v) is 2.00. The fraction of sp³-hybridized carbons (Fsp3) is 0.538. The second-order valence-corrected chi connectivity index (χ2v) is 4.82. The first-order chi connectivity index (χ1) is 8.58. The number of imidazole rings is 1. The summed E-state index contributed by atoms with van der Waals surface area (Å²) in [6, 6.07) is 0. The topological polar surface area (TPSA) is 38.9 Å². The highest BCUT2D eigenvalue weighted by molar-refractivity contribution is 5.15. The normalized spacial score (nSPS) is 11.4. The molecule has 0 atom stereocenters. The Kier molecular flexibility index (Phi) is 3.81. The maximum Gasteiger partial charge on any atom is 0.109 e. The monoisotopic (exact) mass is 247 g/mol. The molecule has 0 amide bonds. The molecule has 0 aromatic carbocycles. The Morgan fingerprint density at radius 3 is 2.67 bits per heavy atom. The molecule has 5 nitrogen and oxygen atoms in total. The first-order valence-corrected chi connectivity index (χ1v) is 6.20. The number of likely N-dealkylation sites (N-methyl/N-ethyl adjacent to an activating group) is 1. The number of aryl methyl sites for hydroxylation is 2. The van der Waals surface area contributed by atoms with Crippen LogP contribution >= 0.6 is 0 Å². The maximum atomic E-state index is 4.34. The fourth-order valence-electron chi connectivity index (χ4n) is 2.00. The average Bonchev–Trinajstić information content (AvgIpc) is 2.88. The van der Waals surface area contributed by atoms with Crippen molar-refractivity contribution in [3.05, 3.63) is 35.7 Å². The molecule has 2 heterocycles. The zero-order chi connectivity index (χ0) is 13.1. The van der Waals surface area contributed by atoms with Crippen molar-refractivity contribution >= 4 is 0 Å². The van der Waals surface area contributed by atoms with Crippen molar-refractivity contribution in [1.82, 2.24) is 24.2 Å². The van der Waals surface area contributed by atoms with Crippen molar-refractivity contribution in [3.63, 3.8) is 0 Å². The van der Waals surface area contributed by atoms with Crippen LogP contribution in [0.2, 0.25) is 0 Å². The number of aromatic nitrogens is 4. The standard InChI is InChI=1S/C13H21N5/c1-11-12(9-15-18(11)4)10-16(2)7-5-13-14-6-8-17(13)3/h6,8-9H,5,7,10H2,1-4H3. The molecule has 5 heteroatoms. The van der Waals surface area contributed by atoms with Gasteiger partial charge in [-0.2, -0.15) is 5.10 Å². The molecule has 98 valence electrons. The van der Waals surface area contributed by atoms with Gasteiger partial charge in [0.2, 0.25) is 0 Å². The summed E-state index contributed by atoms with van der Waals surface area (Å²) >= 11 is 0. The van der Waals surface area contributed by atoms with E-state index in [1.165, 1.54) is 11.3 Å². The third kappa shape index (κ3) is 2.79. The van der Waals surface area contributed by atoms with Gasteiger partial charge >= 0.3 is 0 Å². The first-order valence-electron chi connectivity index (χ1n) is 6.20. The Morgan fingerprint density at radius 1 is 1.33 bits per heavy atom. The quantitative estimate of drug-likeness (QED) is 0.795. The van der Waals surface area contributed by atoms with Crippen LogP contribution in [0.4, 0.5) is 0 Å². The van der Waals surface area contributed by atoms with Crippen molar-refractivity contribution in [2.45, 2.75) is 19.9 Å². The Labute approximate surface area is 108 Å². The van der Waals surface area contributed by atoms with Gasteiger partial charge in [-0.25, -0.2) is 4.98 Å². The van der Waals surface area contributed by atoms with Gasteiger partial charge in [-0.05, 0) is 14.0 Å². The minimum atomic E-state index is 0.935. The molecule has 0 radical (unpaired) electrons. The summed E-state index contributed by atoms with van der Waals surface area (Å²) in [6.07, 6.45) is 6.76. The third-order valence-electron chi connectivity index (χ3n) is 3.42. The van der Waals surface area contributed by atoms with Crippen molar-refractivity contribution in [2.24, 2.45) is 14.1 Å². The predicted molar refractivity (Wildman–Crippen MR) is 71.2 cm³/mol. The highest BCUT2D eigenvalue weighted by atomic mass is 15.3.